The molecule has 19 heavy (non-hydrogen) atoms. The van der Waals surface area contributed by atoms with Crippen LogP contribution in [-0.2, 0) is 11.2 Å². The molecule has 0 aromatic heterocycles. The van der Waals surface area contributed by atoms with Gasteiger partial charge in [-0.05, 0) is 48.4 Å². The second-order valence-corrected chi connectivity index (χ2v) is 5.29. The normalized spacial score (nSPS) is 10.2. The van der Waals surface area contributed by atoms with Crippen LogP contribution in [0.5, 0.6) is 0 Å². The molecule has 0 aliphatic heterocycles. The Morgan fingerprint density at radius 1 is 1.26 bits per heavy atom. The first kappa shape index (κ1) is 13.6. The highest BCUT2D eigenvalue weighted by atomic mass is 79.9. The van der Waals surface area contributed by atoms with E-state index in [0.29, 0.717) is 12.1 Å². The quantitative estimate of drug-likeness (QED) is 0.851. The van der Waals surface area contributed by atoms with Gasteiger partial charge in [-0.1, -0.05) is 28.1 Å². The van der Waals surface area contributed by atoms with Crippen LogP contribution in [0.2, 0.25) is 0 Å². The summed E-state index contributed by atoms with van der Waals surface area (Å²) in [6, 6.07) is 13.1. The summed E-state index contributed by atoms with van der Waals surface area (Å²) in [6.07, 6.45) is 0.320. The summed E-state index contributed by atoms with van der Waals surface area (Å²) < 4.78 is 1.03. The molecule has 3 nitrogen and oxygen atoms in total. The van der Waals surface area contributed by atoms with Crippen molar-refractivity contribution in [2.45, 2.75) is 13.3 Å². The van der Waals surface area contributed by atoms with E-state index in [2.05, 4.69) is 21.2 Å². The van der Waals surface area contributed by atoms with Crippen LogP contribution in [-0.4, -0.2) is 5.91 Å². The number of rotatable bonds is 3. The molecule has 0 bridgehead atoms. The van der Waals surface area contributed by atoms with Gasteiger partial charge in [-0.15, -0.1) is 0 Å². The monoisotopic (exact) mass is 318 g/mol. The van der Waals surface area contributed by atoms with E-state index in [1.54, 1.807) is 6.07 Å². The average Bonchev–Trinajstić information content (AvgIpc) is 2.34. The molecule has 2 aromatic carbocycles. The molecule has 0 fully saturated rings. The van der Waals surface area contributed by atoms with Crippen LogP contribution < -0.4 is 11.1 Å². The van der Waals surface area contributed by atoms with Gasteiger partial charge >= 0.3 is 0 Å². The van der Waals surface area contributed by atoms with Crippen molar-refractivity contribution in [3.8, 4) is 0 Å². The smallest absolute Gasteiger partial charge is 0.228 e. The predicted molar refractivity (Wildman–Crippen MR) is 82.1 cm³/mol. The second-order valence-electron chi connectivity index (χ2n) is 4.43. The fraction of sp³-hybridized carbons (Fsp3) is 0.133. The summed E-state index contributed by atoms with van der Waals surface area (Å²) in [4.78, 5) is 11.9. The molecule has 98 valence electrons. The summed E-state index contributed by atoms with van der Waals surface area (Å²) in [5.41, 5.74) is 9.15. The third kappa shape index (κ3) is 3.83. The van der Waals surface area contributed by atoms with E-state index in [0.717, 1.165) is 21.3 Å². The standard InChI is InChI=1S/C15H15BrN2O/c1-10-7-13(5-6-14(10)16)18-15(19)9-11-3-2-4-12(17)8-11/h2-8H,9,17H2,1H3,(H,18,19). The van der Waals surface area contributed by atoms with Crippen LogP contribution in [0.25, 0.3) is 0 Å². The molecule has 0 spiro atoms. The molecule has 0 saturated carbocycles. The van der Waals surface area contributed by atoms with Crippen molar-refractivity contribution >= 4 is 33.2 Å². The first-order valence-electron chi connectivity index (χ1n) is 5.95. The topological polar surface area (TPSA) is 55.1 Å². The maximum atomic E-state index is 11.9. The van der Waals surface area contributed by atoms with E-state index in [9.17, 15) is 4.79 Å². The Bertz CT molecular complexity index is 611. The number of hydrogen-bond acceptors (Lipinski definition) is 2. The summed E-state index contributed by atoms with van der Waals surface area (Å²) in [7, 11) is 0. The number of nitrogens with one attached hydrogen (secondary N) is 1. The van der Waals surface area contributed by atoms with Gasteiger partial charge in [-0.3, -0.25) is 4.79 Å². The van der Waals surface area contributed by atoms with Crippen LogP contribution in [0.3, 0.4) is 0 Å². The number of amides is 1. The number of nitrogens with two attached hydrogens (primary N) is 1. The maximum absolute atomic E-state index is 11.9. The fourth-order valence-corrected chi connectivity index (χ4v) is 2.06. The Morgan fingerprint density at radius 2 is 2.05 bits per heavy atom. The number of nitrogen functional groups attached to an aromatic ring is 1. The number of aryl methyl sites for hydroxylation is 1. The van der Waals surface area contributed by atoms with E-state index in [-0.39, 0.29) is 5.91 Å². The third-order valence-corrected chi connectivity index (χ3v) is 3.65. The molecule has 0 atom stereocenters. The number of anilines is 2. The fourth-order valence-electron chi connectivity index (χ4n) is 1.82. The van der Waals surface area contributed by atoms with Gasteiger partial charge in [0.1, 0.15) is 0 Å². The van der Waals surface area contributed by atoms with E-state index in [4.69, 9.17) is 5.73 Å². The molecule has 2 rings (SSSR count). The number of halogens is 1. The summed E-state index contributed by atoms with van der Waals surface area (Å²) in [5.74, 6) is -0.0488. The van der Waals surface area contributed by atoms with Gasteiger partial charge in [0.05, 0.1) is 6.42 Å². The largest absolute Gasteiger partial charge is 0.399 e. The molecule has 4 heteroatoms. The molecule has 0 heterocycles. The highest BCUT2D eigenvalue weighted by Gasteiger charge is 2.05. The molecule has 1 amide bonds. The van der Waals surface area contributed by atoms with Gasteiger partial charge in [-0.25, -0.2) is 0 Å². The lowest BCUT2D eigenvalue weighted by Crippen LogP contribution is -2.14. The molecule has 3 N–H and O–H groups in total. The van der Waals surface area contributed by atoms with Crippen molar-refractivity contribution in [1.29, 1.82) is 0 Å². The number of hydrogen-bond donors (Lipinski definition) is 2. The SMILES string of the molecule is Cc1cc(NC(=O)Cc2cccc(N)c2)ccc1Br. The van der Waals surface area contributed by atoms with Crippen LogP contribution in [0.15, 0.2) is 46.9 Å². The van der Waals surface area contributed by atoms with Gasteiger partial charge < -0.3 is 11.1 Å². The molecule has 0 saturated heterocycles. The Balaban J connectivity index is 2.03. The lowest BCUT2D eigenvalue weighted by molar-refractivity contribution is -0.115. The molecular formula is C15H15BrN2O. The van der Waals surface area contributed by atoms with E-state index in [1.165, 1.54) is 0 Å². The zero-order valence-electron chi connectivity index (χ0n) is 10.6. The lowest BCUT2D eigenvalue weighted by atomic mass is 10.1. The molecule has 2 aromatic rings. The summed E-state index contributed by atoms with van der Waals surface area (Å²) in [5, 5.41) is 2.88. The summed E-state index contributed by atoms with van der Waals surface area (Å²) >= 11 is 3.43. The minimum atomic E-state index is -0.0488. The minimum Gasteiger partial charge on any atom is -0.399 e. The minimum absolute atomic E-state index is 0.0488. The highest BCUT2D eigenvalue weighted by Crippen LogP contribution is 2.20. The van der Waals surface area contributed by atoms with Crippen molar-refractivity contribution in [1.82, 2.24) is 0 Å². The lowest BCUT2D eigenvalue weighted by Gasteiger charge is -2.07. The Hall–Kier alpha value is -1.81. The second kappa shape index (κ2) is 5.89. The Morgan fingerprint density at radius 3 is 2.74 bits per heavy atom. The van der Waals surface area contributed by atoms with Gasteiger partial charge in [-0.2, -0.15) is 0 Å². The molecular weight excluding hydrogens is 304 g/mol. The Kier molecular flexibility index (Phi) is 4.22. The van der Waals surface area contributed by atoms with Gasteiger partial charge in [0.2, 0.25) is 5.91 Å². The molecule has 0 unspecified atom stereocenters. The van der Waals surface area contributed by atoms with Crippen molar-refractivity contribution < 1.29 is 4.79 Å². The van der Waals surface area contributed by atoms with E-state index in [1.807, 2.05) is 43.3 Å². The highest BCUT2D eigenvalue weighted by molar-refractivity contribution is 9.10. The van der Waals surface area contributed by atoms with Crippen LogP contribution >= 0.6 is 15.9 Å². The number of carbonyl (C=O) groups is 1. The van der Waals surface area contributed by atoms with Crippen molar-refractivity contribution in [2.24, 2.45) is 0 Å². The van der Waals surface area contributed by atoms with Gasteiger partial charge in [0, 0.05) is 15.8 Å². The Labute approximate surface area is 121 Å². The third-order valence-electron chi connectivity index (χ3n) is 2.76. The van der Waals surface area contributed by atoms with Crippen molar-refractivity contribution in [3.05, 3.63) is 58.1 Å². The van der Waals surface area contributed by atoms with Crippen molar-refractivity contribution in [3.63, 3.8) is 0 Å². The maximum Gasteiger partial charge on any atom is 0.228 e. The molecule has 0 aliphatic rings. The number of carbonyl (C=O) groups excluding carboxylic acids is 1. The van der Waals surface area contributed by atoms with E-state index >= 15 is 0 Å². The van der Waals surface area contributed by atoms with Gasteiger partial charge in [0.25, 0.3) is 0 Å². The zero-order chi connectivity index (χ0) is 13.8. The molecule has 0 radical (unpaired) electrons. The average molecular weight is 319 g/mol. The zero-order valence-corrected chi connectivity index (χ0v) is 12.2. The van der Waals surface area contributed by atoms with Crippen LogP contribution in [0, 0.1) is 6.92 Å². The van der Waals surface area contributed by atoms with Crippen LogP contribution in [0.1, 0.15) is 11.1 Å². The predicted octanol–water partition coefficient (Wildman–Crippen LogP) is 3.52. The van der Waals surface area contributed by atoms with Crippen molar-refractivity contribution in [2.75, 3.05) is 11.1 Å². The first-order valence-corrected chi connectivity index (χ1v) is 6.74. The molecule has 0 aliphatic carbocycles. The number of benzene rings is 2. The van der Waals surface area contributed by atoms with E-state index < -0.39 is 0 Å². The summed E-state index contributed by atoms with van der Waals surface area (Å²) in [6.45, 7) is 1.98. The van der Waals surface area contributed by atoms with Gasteiger partial charge in [0.15, 0.2) is 0 Å². The van der Waals surface area contributed by atoms with Crippen LogP contribution in [0.4, 0.5) is 11.4 Å². The first-order chi connectivity index (χ1) is 9.04.